The van der Waals surface area contributed by atoms with Crippen LogP contribution in [0.25, 0.3) is 0 Å². The molecule has 4 nitrogen and oxygen atoms in total. The molecule has 0 saturated heterocycles. The van der Waals surface area contributed by atoms with Gasteiger partial charge >= 0.3 is 0 Å². The Bertz CT molecular complexity index is 399. The van der Waals surface area contributed by atoms with Crippen molar-refractivity contribution in [3.63, 3.8) is 0 Å². The number of benzene rings is 1. The summed E-state index contributed by atoms with van der Waals surface area (Å²) < 4.78 is 11.1. The van der Waals surface area contributed by atoms with Crippen molar-refractivity contribution < 1.29 is 19.7 Å². The van der Waals surface area contributed by atoms with Crippen molar-refractivity contribution in [1.29, 1.82) is 0 Å². The fourth-order valence-corrected chi connectivity index (χ4v) is 2.22. The normalized spacial score (nSPS) is 17.2. The van der Waals surface area contributed by atoms with E-state index < -0.39 is 12.2 Å². The van der Waals surface area contributed by atoms with Gasteiger partial charge in [0.15, 0.2) is 11.5 Å². The van der Waals surface area contributed by atoms with Gasteiger partial charge in [0.2, 0.25) is 6.79 Å². The SMILES string of the molecule is OC(CS)C(O)c1cc2c(cc1Br)OCO2. The number of hydrogen-bond acceptors (Lipinski definition) is 5. The summed E-state index contributed by atoms with van der Waals surface area (Å²) in [7, 11) is 0. The van der Waals surface area contributed by atoms with E-state index in [2.05, 4.69) is 28.6 Å². The molecule has 0 fully saturated rings. The van der Waals surface area contributed by atoms with Gasteiger partial charge < -0.3 is 19.7 Å². The van der Waals surface area contributed by atoms with E-state index in [1.54, 1.807) is 12.1 Å². The van der Waals surface area contributed by atoms with Crippen LogP contribution in [-0.4, -0.2) is 28.9 Å². The third kappa shape index (κ3) is 2.15. The molecular formula is C10H11BrO4S. The quantitative estimate of drug-likeness (QED) is 0.741. The number of aliphatic hydroxyl groups excluding tert-OH is 2. The van der Waals surface area contributed by atoms with Gasteiger partial charge in [0, 0.05) is 15.8 Å². The van der Waals surface area contributed by atoms with E-state index in [1.165, 1.54) is 0 Å². The first-order valence-corrected chi connectivity index (χ1v) is 6.12. The van der Waals surface area contributed by atoms with Crippen molar-refractivity contribution in [3.8, 4) is 11.5 Å². The second-order valence-electron chi connectivity index (χ2n) is 3.42. The molecule has 1 aliphatic rings. The van der Waals surface area contributed by atoms with Gasteiger partial charge in [-0.2, -0.15) is 12.6 Å². The average Bonchev–Trinajstić information content (AvgIpc) is 2.72. The van der Waals surface area contributed by atoms with E-state index >= 15 is 0 Å². The maximum atomic E-state index is 9.88. The van der Waals surface area contributed by atoms with Gasteiger partial charge in [-0.25, -0.2) is 0 Å². The van der Waals surface area contributed by atoms with Crippen LogP contribution in [0.15, 0.2) is 16.6 Å². The number of aliphatic hydroxyl groups is 2. The Hall–Kier alpha value is -0.430. The molecular weight excluding hydrogens is 296 g/mol. The minimum absolute atomic E-state index is 0.177. The summed E-state index contributed by atoms with van der Waals surface area (Å²) in [6, 6.07) is 3.37. The number of fused-ring (bicyclic) bond motifs is 1. The van der Waals surface area contributed by atoms with Crippen LogP contribution in [0.5, 0.6) is 11.5 Å². The molecule has 0 saturated carbocycles. The van der Waals surface area contributed by atoms with E-state index in [9.17, 15) is 10.2 Å². The summed E-state index contributed by atoms with van der Waals surface area (Å²) in [4.78, 5) is 0. The summed E-state index contributed by atoms with van der Waals surface area (Å²) >= 11 is 7.26. The van der Waals surface area contributed by atoms with E-state index in [4.69, 9.17) is 9.47 Å². The molecule has 2 atom stereocenters. The Balaban J connectivity index is 2.34. The minimum atomic E-state index is -0.999. The Kier molecular flexibility index (Phi) is 3.63. The third-order valence-corrected chi connectivity index (χ3v) is 3.42. The smallest absolute Gasteiger partial charge is 0.231 e. The highest BCUT2D eigenvalue weighted by Crippen LogP contribution is 2.39. The molecule has 0 aromatic heterocycles. The molecule has 0 spiro atoms. The lowest BCUT2D eigenvalue weighted by molar-refractivity contribution is 0.0332. The van der Waals surface area contributed by atoms with E-state index in [-0.39, 0.29) is 12.5 Å². The first-order valence-electron chi connectivity index (χ1n) is 4.69. The second-order valence-corrected chi connectivity index (χ2v) is 4.64. The topological polar surface area (TPSA) is 58.9 Å². The van der Waals surface area contributed by atoms with Gasteiger partial charge in [0.05, 0.1) is 6.10 Å². The van der Waals surface area contributed by atoms with Gasteiger partial charge in [0.1, 0.15) is 6.10 Å². The first kappa shape index (κ1) is 12.0. The van der Waals surface area contributed by atoms with Crippen LogP contribution >= 0.6 is 28.6 Å². The van der Waals surface area contributed by atoms with Crippen LogP contribution < -0.4 is 9.47 Å². The highest BCUT2D eigenvalue weighted by Gasteiger charge is 2.23. The van der Waals surface area contributed by atoms with Crippen LogP contribution in [0.3, 0.4) is 0 Å². The Morgan fingerprint density at radius 2 is 1.94 bits per heavy atom. The van der Waals surface area contributed by atoms with Crippen molar-refractivity contribution >= 4 is 28.6 Å². The molecule has 1 heterocycles. The fourth-order valence-electron chi connectivity index (χ4n) is 1.47. The lowest BCUT2D eigenvalue weighted by Crippen LogP contribution is -2.20. The van der Waals surface area contributed by atoms with Crippen molar-refractivity contribution in [3.05, 3.63) is 22.2 Å². The van der Waals surface area contributed by atoms with Gasteiger partial charge in [0.25, 0.3) is 0 Å². The maximum Gasteiger partial charge on any atom is 0.231 e. The van der Waals surface area contributed by atoms with Crippen LogP contribution in [0, 0.1) is 0 Å². The summed E-state index contributed by atoms with van der Waals surface area (Å²) in [5.74, 6) is 1.38. The largest absolute Gasteiger partial charge is 0.454 e. The minimum Gasteiger partial charge on any atom is -0.454 e. The predicted molar refractivity (Wildman–Crippen MR) is 65.1 cm³/mol. The standard InChI is InChI=1S/C10H11BrO4S/c11-6-2-9-8(14-4-15-9)1-5(6)10(13)7(12)3-16/h1-2,7,10,12-13,16H,3-4H2. The van der Waals surface area contributed by atoms with Crippen molar-refractivity contribution in [2.24, 2.45) is 0 Å². The van der Waals surface area contributed by atoms with Crippen molar-refractivity contribution in [1.82, 2.24) is 0 Å². The van der Waals surface area contributed by atoms with Gasteiger partial charge in [-0.1, -0.05) is 15.9 Å². The van der Waals surface area contributed by atoms with Gasteiger partial charge in [-0.15, -0.1) is 0 Å². The molecule has 88 valence electrons. The van der Waals surface area contributed by atoms with Crippen molar-refractivity contribution in [2.45, 2.75) is 12.2 Å². The Labute approximate surface area is 107 Å². The van der Waals surface area contributed by atoms with Gasteiger partial charge in [-0.05, 0) is 12.1 Å². The maximum absolute atomic E-state index is 9.88. The monoisotopic (exact) mass is 306 g/mol. The zero-order valence-corrected chi connectivity index (χ0v) is 10.7. The zero-order chi connectivity index (χ0) is 11.7. The average molecular weight is 307 g/mol. The molecule has 0 amide bonds. The summed E-state index contributed by atoms with van der Waals surface area (Å²) in [5.41, 5.74) is 0.561. The Morgan fingerprint density at radius 3 is 2.56 bits per heavy atom. The summed E-state index contributed by atoms with van der Waals surface area (Å²) in [5, 5.41) is 19.4. The molecule has 6 heteroatoms. The first-order chi connectivity index (χ1) is 7.63. The molecule has 1 aliphatic heterocycles. The number of hydrogen-bond donors (Lipinski definition) is 3. The highest BCUT2D eigenvalue weighted by molar-refractivity contribution is 9.10. The molecule has 1 aromatic carbocycles. The third-order valence-electron chi connectivity index (χ3n) is 2.36. The lowest BCUT2D eigenvalue weighted by Gasteiger charge is -2.17. The van der Waals surface area contributed by atoms with Crippen LogP contribution in [0.4, 0.5) is 0 Å². The zero-order valence-electron chi connectivity index (χ0n) is 8.26. The molecule has 0 radical (unpaired) electrons. The van der Waals surface area contributed by atoms with E-state index in [0.29, 0.717) is 21.5 Å². The Morgan fingerprint density at radius 1 is 1.31 bits per heavy atom. The van der Waals surface area contributed by atoms with Crippen molar-refractivity contribution in [2.75, 3.05) is 12.5 Å². The lowest BCUT2D eigenvalue weighted by atomic mass is 10.0. The number of rotatable bonds is 3. The van der Waals surface area contributed by atoms with Crippen LogP contribution in [0.2, 0.25) is 0 Å². The van der Waals surface area contributed by atoms with E-state index in [1.807, 2.05) is 0 Å². The summed E-state index contributed by atoms with van der Waals surface area (Å²) in [6.45, 7) is 0.177. The number of ether oxygens (including phenoxy) is 2. The molecule has 2 N–H and O–H groups in total. The number of thiol groups is 1. The van der Waals surface area contributed by atoms with Crippen LogP contribution in [-0.2, 0) is 0 Å². The summed E-state index contributed by atoms with van der Waals surface area (Å²) in [6.07, 6.45) is -1.92. The molecule has 0 bridgehead atoms. The number of halogens is 1. The fraction of sp³-hybridized carbons (Fsp3) is 0.400. The van der Waals surface area contributed by atoms with Gasteiger partial charge in [-0.3, -0.25) is 0 Å². The molecule has 1 aromatic rings. The predicted octanol–water partition coefficient (Wildman–Crippen LogP) is 1.50. The molecule has 0 aliphatic carbocycles. The molecule has 16 heavy (non-hydrogen) atoms. The highest BCUT2D eigenvalue weighted by atomic mass is 79.9. The van der Waals surface area contributed by atoms with Crippen LogP contribution in [0.1, 0.15) is 11.7 Å². The molecule has 2 unspecified atom stereocenters. The second kappa shape index (κ2) is 4.83. The molecule has 2 rings (SSSR count). The van der Waals surface area contributed by atoms with E-state index in [0.717, 1.165) is 0 Å².